The number of benzene rings is 1. The van der Waals surface area contributed by atoms with Gasteiger partial charge in [-0.15, -0.1) is 0 Å². The van der Waals surface area contributed by atoms with Crippen molar-refractivity contribution in [2.24, 2.45) is 0 Å². The van der Waals surface area contributed by atoms with E-state index < -0.39 is 5.60 Å². The maximum atomic E-state index is 10.7. The van der Waals surface area contributed by atoms with Crippen molar-refractivity contribution in [1.29, 1.82) is 0 Å². The maximum Gasteiger partial charge on any atom is 0.127 e. The van der Waals surface area contributed by atoms with Crippen molar-refractivity contribution >= 4 is 5.69 Å². The lowest BCUT2D eigenvalue weighted by atomic mass is 9.91. The van der Waals surface area contributed by atoms with Crippen molar-refractivity contribution in [2.75, 3.05) is 11.9 Å². The summed E-state index contributed by atoms with van der Waals surface area (Å²) in [6, 6.07) is 8.48. The third kappa shape index (κ3) is 1.02. The van der Waals surface area contributed by atoms with Crippen molar-refractivity contribution in [2.45, 2.75) is 31.2 Å². The lowest BCUT2D eigenvalue weighted by Gasteiger charge is -2.26. The van der Waals surface area contributed by atoms with Crippen molar-refractivity contribution < 1.29 is 5.11 Å². The zero-order valence-corrected chi connectivity index (χ0v) is 9.07. The molecule has 0 saturated carbocycles. The van der Waals surface area contributed by atoms with E-state index in [1.807, 2.05) is 25.2 Å². The summed E-state index contributed by atoms with van der Waals surface area (Å²) in [6.45, 7) is 2.12. The Morgan fingerprint density at radius 3 is 3.00 bits per heavy atom. The number of likely N-dealkylation sites (N-methyl/N-ethyl adjacent to an activating group) is 1. The van der Waals surface area contributed by atoms with E-state index in [-0.39, 0.29) is 6.17 Å². The van der Waals surface area contributed by atoms with Gasteiger partial charge in [0.05, 0.1) is 0 Å². The van der Waals surface area contributed by atoms with E-state index in [1.54, 1.807) is 0 Å². The highest BCUT2D eigenvalue weighted by atomic mass is 16.3. The van der Waals surface area contributed by atoms with Crippen LogP contribution in [0.3, 0.4) is 0 Å². The molecule has 2 N–H and O–H groups in total. The molecule has 80 valence electrons. The molecule has 3 heteroatoms. The summed E-state index contributed by atoms with van der Waals surface area (Å²) in [5, 5.41) is 14.1. The highest BCUT2D eigenvalue weighted by Crippen LogP contribution is 2.47. The van der Waals surface area contributed by atoms with Gasteiger partial charge in [-0.05, 0) is 19.4 Å². The largest absolute Gasteiger partial charge is 0.381 e. The van der Waals surface area contributed by atoms with E-state index in [0.29, 0.717) is 6.04 Å². The number of anilines is 1. The molecule has 2 heterocycles. The van der Waals surface area contributed by atoms with Gasteiger partial charge in [-0.3, -0.25) is 5.32 Å². The van der Waals surface area contributed by atoms with Crippen LogP contribution in [0.25, 0.3) is 0 Å². The second kappa shape index (κ2) is 2.74. The van der Waals surface area contributed by atoms with Crippen molar-refractivity contribution in [3.05, 3.63) is 29.8 Å². The Morgan fingerprint density at radius 1 is 1.47 bits per heavy atom. The third-order valence-electron chi connectivity index (χ3n) is 3.65. The van der Waals surface area contributed by atoms with Gasteiger partial charge >= 0.3 is 0 Å². The second-order valence-corrected chi connectivity index (χ2v) is 4.73. The van der Waals surface area contributed by atoms with Gasteiger partial charge in [0.25, 0.3) is 0 Å². The molecular formula is C12H16N2O. The van der Waals surface area contributed by atoms with Crippen LogP contribution in [0.1, 0.15) is 18.9 Å². The summed E-state index contributed by atoms with van der Waals surface area (Å²) in [4.78, 5) is 2.14. The highest BCUT2D eigenvalue weighted by Gasteiger charge is 2.53. The molecule has 0 spiro atoms. The molecule has 3 rings (SSSR count). The van der Waals surface area contributed by atoms with E-state index in [0.717, 1.165) is 17.7 Å². The van der Waals surface area contributed by atoms with Crippen LogP contribution in [-0.2, 0) is 5.60 Å². The SMILES string of the molecule is C[C@@H]1C[C@]2(O)c3ccccc3N(C)[C@@H]2N1. The Hall–Kier alpha value is -1.06. The number of nitrogens with zero attached hydrogens (tertiary/aromatic N) is 1. The first kappa shape index (κ1) is 9.19. The molecule has 15 heavy (non-hydrogen) atoms. The Bertz CT molecular complexity index is 406. The van der Waals surface area contributed by atoms with Crippen molar-refractivity contribution in [3.63, 3.8) is 0 Å². The van der Waals surface area contributed by atoms with E-state index in [9.17, 15) is 5.11 Å². The zero-order valence-electron chi connectivity index (χ0n) is 9.07. The van der Waals surface area contributed by atoms with Crippen molar-refractivity contribution in [3.8, 4) is 0 Å². The zero-order chi connectivity index (χ0) is 10.6. The Balaban J connectivity index is 2.16. The van der Waals surface area contributed by atoms with Gasteiger partial charge in [0.2, 0.25) is 0 Å². The predicted molar refractivity (Wildman–Crippen MR) is 59.7 cm³/mol. The fourth-order valence-corrected chi connectivity index (χ4v) is 3.02. The van der Waals surface area contributed by atoms with Crippen LogP contribution < -0.4 is 10.2 Å². The van der Waals surface area contributed by atoms with Crippen LogP contribution in [0.5, 0.6) is 0 Å². The molecule has 3 atom stereocenters. The van der Waals surface area contributed by atoms with Crippen LogP contribution in [0.2, 0.25) is 0 Å². The summed E-state index contributed by atoms with van der Waals surface area (Å²) in [5.41, 5.74) is 1.50. The summed E-state index contributed by atoms with van der Waals surface area (Å²) in [7, 11) is 2.03. The van der Waals surface area contributed by atoms with Crippen molar-refractivity contribution in [1.82, 2.24) is 5.32 Å². The van der Waals surface area contributed by atoms with E-state index in [2.05, 4.69) is 23.2 Å². The van der Waals surface area contributed by atoms with Gasteiger partial charge < -0.3 is 10.0 Å². The van der Waals surface area contributed by atoms with Gasteiger partial charge in [-0.2, -0.15) is 0 Å². The second-order valence-electron chi connectivity index (χ2n) is 4.73. The van der Waals surface area contributed by atoms with Crippen LogP contribution in [0.4, 0.5) is 5.69 Å². The average Bonchev–Trinajstić information content (AvgIpc) is 2.62. The minimum absolute atomic E-state index is 0.0323. The van der Waals surface area contributed by atoms with Gasteiger partial charge in [-0.1, -0.05) is 18.2 Å². The topological polar surface area (TPSA) is 35.5 Å². The normalized spacial score (nSPS) is 37.9. The molecule has 0 aromatic heterocycles. The molecule has 2 aliphatic heterocycles. The number of aliphatic hydroxyl groups is 1. The van der Waals surface area contributed by atoms with E-state index >= 15 is 0 Å². The fraction of sp³-hybridized carbons (Fsp3) is 0.500. The van der Waals surface area contributed by atoms with Gasteiger partial charge in [-0.25, -0.2) is 0 Å². The number of nitrogens with one attached hydrogen (secondary N) is 1. The number of hydrogen-bond donors (Lipinski definition) is 2. The molecule has 1 fully saturated rings. The minimum atomic E-state index is -0.704. The molecule has 1 aromatic rings. The fourth-order valence-electron chi connectivity index (χ4n) is 3.02. The van der Waals surface area contributed by atoms with Crippen LogP contribution in [0, 0.1) is 0 Å². The molecule has 3 nitrogen and oxygen atoms in total. The molecule has 1 aromatic carbocycles. The monoisotopic (exact) mass is 204 g/mol. The number of hydrogen-bond acceptors (Lipinski definition) is 3. The number of fused-ring (bicyclic) bond motifs is 3. The summed E-state index contributed by atoms with van der Waals surface area (Å²) >= 11 is 0. The lowest BCUT2D eigenvalue weighted by molar-refractivity contribution is 0.0339. The average molecular weight is 204 g/mol. The first-order chi connectivity index (χ1) is 7.13. The molecule has 0 bridgehead atoms. The maximum absolute atomic E-state index is 10.7. The first-order valence-electron chi connectivity index (χ1n) is 5.44. The summed E-state index contributed by atoms with van der Waals surface area (Å²) in [6.07, 6.45) is 0.823. The Labute approximate surface area is 89.7 Å². The smallest absolute Gasteiger partial charge is 0.127 e. The number of rotatable bonds is 0. The Kier molecular flexibility index (Phi) is 1.68. The summed E-state index contributed by atoms with van der Waals surface area (Å²) < 4.78 is 0. The molecule has 0 amide bonds. The minimum Gasteiger partial charge on any atom is -0.381 e. The third-order valence-corrected chi connectivity index (χ3v) is 3.65. The van der Waals surface area contributed by atoms with Crippen LogP contribution >= 0.6 is 0 Å². The standard InChI is InChI=1S/C12H16N2O/c1-8-7-12(15)9-5-3-4-6-10(9)14(2)11(12)13-8/h3-6,8,11,13,15H,7H2,1-2H3/t8-,11+,12+/m1/s1. The van der Waals surface area contributed by atoms with Gasteiger partial charge in [0.1, 0.15) is 11.8 Å². The molecule has 0 aliphatic carbocycles. The molecular weight excluding hydrogens is 188 g/mol. The number of para-hydroxylation sites is 1. The first-order valence-corrected chi connectivity index (χ1v) is 5.44. The molecule has 0 radical (unpaired) electrons. The highest BCUT2D eigenvalue weighted by molar-refractivity contribution is 5.63. The van der Waals surface area contributed by atoms with Gasteiger partial charge in [0.15, 0.2) is 0 Å². The van der Waals surface area contributed by atoms with E-state index in [4.69, 9.17) is 0 Å². The van der Waals surface area contributed by atoms with Crippen LogP contribution in [-0.4, -0.2) is 24.4 Å². The summed E-state index contributed by atoms with van der Waals surface area (Å²) in [5.74, 6) is 0. The quantitative estimate of drug-likeness (QED) is 0.662. The molecule has 2 aliphatic rings. The molecule has 0 unspecified atom stereocenters. The van der Waals surface area contributed by atoms with E-state index in [1.165, 1.54) is 0 Å². The van der Waals surface area contributed by atoms with Crippen LogP contribution in [0.15, 0.2) is 24.3 Å². The predicted octanol–water partition coefficient (Wildman–Crippen LogP) is 1.03. The molecule has 1 saturated heterocycles. The lowest BCUT2D eigenvalue weighted by Crippen LogP contribution is -2.46. The van der Waals surface area contributed by atoms with Gasteiger partial charge in [0, 0.05) is 24.3 Å². The Morgan fingerprint density at radius 2 is 2.20 bits per heavy atom.